The number of carboxylic acids is 1. The van der Waals surface area contributed by atoms with Crippen LogP contribution in [0.25, 0.3) is 11.0 Å². The number of hydrogen-bond donors (Lipinski definition) is 2. The molecule has 7 heteroatoms. The van der Waals surface area contributed by atoms with Crippen molar-refractivity contribution in [2.24, 2.45) is 19.5 Å². The van der Waals surface area contributed by atoms with Crippen LogP contribution in [-0.4, -0.2) is 26.1 Å². The molecule has 1 aromatic heterocycles. The van der Waals surface area contributed by atoms with Gasteiger partial charge < -0.3 is 10.4 Å². The fourth-order valence-corrected chi connectivity index (χ4v) is 2.27. The molecule has 7 nitrogen and oxygen atoms in total. The minimum atomic E-state index is -1.13. The quantitative estimate of drug-likeness (QED) is 0.890. The average molecular weight is 305 g/mol. The van der Waals surface area contributed by atoms with Crippen LogP contribution in [0.1, 0.15) is 20.3 Å². The largest absolute Gasteiger partial charge is 0.481 e. The molecule has 0 radical (unpaired) electrons. The molecule has 0 fully saturated rings. The third kappa shape index (κ3) is 2.74. The van der Waals surface area contributed by atoms with Crippen LogP contribution in [0.2, 0.25) is 0 Å². The first-order chi connectivity index (χ1) is 10.1. The monoisotopic (exact) mass is 305 g/mol. The number of carbonyl (C=O) groups is 2. The van der Waals surface area contributed by atoms with E-state index < -0.39 is 11.4 Å². The number of anilines is 1. The summed E-state index contributed by atoms with van der Waals surface area (Å²) in [5, 5.41) is 11.7. The number of nitrogens with zero attached hydrogens (tertiary/aromatic N) is 2. The van der Waals surface area contributed by atoms with Crippen molar-refractivity contribution in [1.29, 1.82) is 0 Å². The highest BCUT2D eigenvalue weighted by Gasteiger charge is 2.30. The number of amides is 1. The molecule has 0 saturated heterocycles. The van der Waals surface area contributed by atoms with Gasteiger partial charge in [-0.1, -0.05) is 0 Å². The summed E-state index contributed by atoms with van der Waals surface area (Å²) in [6, 6.07) is 5.13. The van der Waals surface area contributed by atoms with Gasteiger partial charge in [0.1, 0.15) is 0 Å². The van der Waals surface area contributed by atoms with Crippen LogP contribution in [-0.2, 0) is 23.7 Å². The zero-order valence-corrected chi connectivity index (χ0v) is 13.0. The highest BCUT2D eigenvalue weighted by atomic mass is 16.4. The maximum Gasteiger partial charge on any atom is 0.328 e. The number of imidazole rings is 1. The summed E-state index contributed by atoms with van der Waals surface area (Å²) in [5.41, 5.74) is 0.706. The second kappa shape index (κ2) is 5.32. The van der Waals surface area contributed by atoms with Crippen LogP contribution >= 0.6 is 0 Å². The fraction of sp³-hybridized carbons (Fsp3) is 0.400. The van der Waals surface area contributed by atoms with Gasteiger partial charge in [0.2, 0.25) is 5.91 Å². The van der Waals surface area contributed by atoms with Gasteiger partial charge in [-0.3, -0.25) is 18.7 Å². The molecule has 0 aliphatic heterocycles. The molecule has 0 atom stereocenters. The van der Waals surface area contributed by atoms with Gasteiger partial charge in [0, 0.05) is 26.2 Å². The number of aliphatic carboxylic acids is 1. The number of benzene rings is 1. The van der Waals surface area contributed by atoms with Crippen molar-refractivity contribution in [3.63, 3.8) is 0 Å². The lowest BCUT2D eigenvalue weighted by molar-refractivity contribution is -0.148. The summed E-state index contributed by atoms with van der Waals surface area (Å²) in [7, 11) is 3.34. The highest BCUT2D eigenvalue weighted by Crippen LogP contribution is 2.22. The minimum Gasteiger partial charge on any atom is -0.481 e. The fourth-order valence-electron chi connectivity index (χ4n) is 2.27. The maximum atomic E-state index is 12.0. The molecule has 0 bridgehead atoms. The summed E-state index contributed by atoms with van der Waals surface area (Å²) >= 11 is 0. The zero-order valence-electron chi connectivity index (χ0n) is 13.0. The van der Waals surface area contributed by atoms with Crippen LogP contribution in [0.3, 0.4) is 0 Å². The van der Waals surface area contributed by atoms with E-state index in [0.717, 1.165) is 5.52 Å². The van der Waals surface area contributed by atoms with Gasteiger partial charge in [-0.15, -0.1) is 0 Å². The SMILES string of the molecule is Cn1c(=O)n(C)c2cc(NC(=O)CC(C)(C)C(=O)O)ccc21. The van der Waals surface area contributed by atoms with E-state index in [2.05, 4.69) is 5.32 Å². The predicted molar refractivity (Wildman–Crippen MR) is 82.8 cm³/mol. The van der Waals surface area contributed by atoms with E-state index in [9.17, 15) is 14.4 Å². The molecule has 2 aromatic rings. The van der Waals surface area contributed by atoms with E-state index >= 15 is 0 Å². The maximum absolute atomic E-state index is 12.0. The van der Waals surface area contributed by atoms with Crippen molar-refractivity contribution >= 4 is 28.6 Å². The molecule has 1 amide bonds. The van der Waals surface area contributed by atoms with Crippen LogP contribution < -0.4 is 11.0 Å². The molecule has 2 N–H and O–H groups in total. The predicted octanol–water partition coefficient (Wildman–Crippen LogP) is 1.32. The highest BCUT2D eigenvalue weighted by molar-refractivity contribution is 5.95. The van der Waals surface area contributed by atoms with E-state index in [1.165, 1.54) is 23.0 Å². The molecule has 0 spiro atoms. The topological polar surface area (TPSA) is 93.3 Å². The van der Waals surface area contributed by atoms with Gasteiger partial charge in [-0.05, 0) is 32.0 Å². The lowest BCUT2D eigenvalue weighted by atomic mass is 9.89. The Bertz CT molecular complexity index is 814. The lowest BCUT2D eigenvalue weighted by Gasteiger charge is -2.18. The lowest BCUT2D eigenvalue weighted by Crippen LogP contribution is -2.29. The molecule has 0 aliphatic rings. The van der Waals surface area contributed by atoms with Gasteiger partial charge in [0.05, 0.1) is 16.4 Å². The minimum absolute atomic E-state index is 0.131. The van der Waals surface area contributed by atoms with E-state index in [4.69, 9.17) is 5.11 Å². The zero-order chi connectivity index (χ0) is 16.7. The number of hydrogen-bond acceptors (Lipinski definition) is 3. The van der Waals surface area contributed by atoms with E-state index in [-0.39, 0.29) is 18.0 Å². The first-order valence-electron chi connectivity index (χ1n) is 6.82. The Kier molecular flexibility index (Phi) is 3.83. The van der Waals surface area contributed by atoms with Gasteiger partial charge >= 0.3 is 11.7 Å². The smallest absolute Gasteiger partial charge is 0.328 e. The third-order valence-electron chi connectivity index (χ3n) is 3.74. The summed E-state index contributed by atoms with van der Waals surface area (Å²) in [5.74, 6) is -1.41. The molecule has 1 aromatic carbocycles. The number of fused-ring (bicyclic) bond motifs is 1. The first-order valence-corrected chi connectivity index (χ1v) is 6.82. The third-order valence-corrected chi connectivity index (χ3v) is 3.74. The van der Waals surface area contributed by atoms with Gasteiger partial charge in [-0.25, -0.2) is 4.79 Å². The molecule has 2 rings (SSSR count). The summed E-state index contributed by atoms with van der Waals surface area (Å²) in [6.07, 6.45) is -0.131. The van der Waals surface area contributed by atoms with Crippen LogP contribution in [0, 0.1) is 5.41 Å². The number of aryl methyl sites for hydroxylation is 2. The number of carboxylic acid groups (broad SMARTS) is 1. The second-order valence-corrected chi connectivity index (χ2v) is 6.02. The summed E-state index contributed by atoms with van der Waals surface area (Å²) in [4.78, 5) is 34.9. The van der Waals surface area contributed by atoms with Crippen molar-refractivity contribution in [3.8, 4) is 0 Å². The molecule has 0 aliphatic carbocycles. The first kappa shape index (κ1) is 15.8. The van der Waals surface area contributed by atoms with E-state index in [1.54, 1.807) is 32.3 Å². The van der Waals surface area contributed by atoms with Gasteiger partial charge in [0.15, 0.2) is 0 Å². The second-order valence-electron chi connectivity index (χ2n) is 6.02. The van der Waals surface area contributed by atoms with E-state index in [0.29, 0.717) is 11.2 Å². The molecular weight excluding hydrogens is 286 g/mol. The normalized spacial score (nSPS) is 11.6. The van der Waals surface area contributed by atoms with Crippen LogP contribution in [0.4, 0.5) is 5.69 Å². The van der Waals surface area contributed by atoms with Gasteiger partial charge in [-0.2, -0.15) is 0 Å². The Balaban J connectivity index is 2.26. The Morgan fingerprint density at radius 2 is 1.77 bits per heavy atom. The van der Waals surface area contributed by atoms with Gasteiger partial charge in [0.25, 0.3) is 0 Å². The van der Waals surface area contributed by atoms with Crippen LogP contribution in [0.15, 0.2) is 23.0 Å². The summed E-state index contributed by atoms with van der Waals surface area (Å²) in [6.45, 7) is 3.00. The Morgan fingerprint density at radius 1 is 1.18 bits per heavy atom. The standard InChI is InChI=1S/C15H19N3O4/c1-15(2,13(20)21)8-12(19)16-9-5-6-10-11(7-9)18(4)14(22)17(10)3/h5-7H,8H2,1-4H3,(H,16,19)(H,20,21). The number of aromatic nitrogens is 2. The molecule has 118 valence electrons. The Labute approximate surface area is 127 Å². The Morgan fingerprint density at radius 3 is 2.36 bits per heavy atom. The number of carbonyl (C=O) groups excluding carboxylic acids is 1. The molecule has 0 unspecified atom stereocenters. The molecular formula is C15H19N3O4. The van der Waals surface area contributed by atoms with Crippen molar-refractivity contribution in [2.75, 3.05) is 5.32 Å². The molecule has 22 heavy (non-hydrogen) atoms. The van der Waals surface area contributed by atoms with Crippen molar-refractivity contribution in [2.45, 2.75) is 20.3 Å². The van der Waals surface area contributed by atoms with Crippen molar-refractivity contribution in [3.05, 3.63) is 28.7 Å². The number of nitrogens with one attached hydrogen (secondary N) is 1. The molecule has 1 heterocycles. The number of rotatable bonds is 4. The van der Waals surface area contributed by atoms with Crippen molar-refractivity contribution in [1.82, 2.24) is 9.13 Å². The van der Waals surface area contributed by atoms with E-state index in [1.807, 2.05) is 0 Å². The van der Waals surface area contributed by atoms with Crippen LogP contribution in [0.5, 0.6) is 0 Å². The Hall–Kier alpha value is -2.57. The molecule has 0 saturated carbocycles. The average Bonchev–Trinajstić information content (AvgIpc) is 2.63. The van der Waals surface area contributed by atoms with Crippen molar-refractivity contribution < 1.29 is 14.7 Å². The summed E-state index contributed by atoms with van der Waals surface area (Å²) < 4.78 is 3.01.